The minimum atomic E-state index is -0.264. The van der Waals surface area contributed by atoms with E-state index in [0.29, 0.717) is 5.92 Å². The molecule has 2 nitrogen and oxygen atoms in total. The highest BCUT2D eigenvalue weighted by atomic mass is 19.1. The Bertz CT molecular complexity index is 446. The summed E-state index contributed by atoms with van der Waals surface area (Å²) < 4.78 is 13.6. The van der Waals surface area contributed by atoms with Crippen molar-refractivity contribution in [2.45, 2.75) is 44.6 Å². The van der Waals surface area contributed by atoms with Crippen molar-refractivity contribution in [2.75, 3.05) is 18.8 Å². The molecule has 98 valence electrons. The molecular formula is C15H21FN2. The van der Waals surface area contributed by atoms with Crippen LogP contribution in [0.3, 0.4) is 0 Å². The molecule has 1 aromatic rings. The van der Waals surface area contributed by atoms with Gasteiger partial charge in [0.2, 0.25) is 0 Å². The number of nitrogens with two attached hydrogens (primary N) is 1. The van der Waals surface area contributed by atoms with Crippen LogP contribution in [0.25, 0.3) is 0 Å². The maximum atomic E-state index is 13.6. The number of hydrogen-bond donors (Lipinski definition) is 1. The molecule has 0 unspecified atom stereocenters. The van der Waals surface area contributed by atoms with Crippen LogP contribution in [0.4, 0.5) is 10.1 Å². The van der Waals surface area contributed by atoms with Gasteiger partial charge in [-0.1, -0.05) is 0 Å². The average molecular weight is 248 g/mol. The molecule has 2 aliphatic rings. The van der Waals surface area contributed by atoms with E-state index in [0.717, 1.165) is 30.0 Å². The van der Waals surface area contributed by atoms with Crippen LogP contribution in [0.1, 0.15) is 42.7 Å². The summed E-state index contributed by atoms with van der Waals surface area (Å²) >= 11 is 0. The number of benzene rings is 1. The fourth-order valence-corrected chi connectivity index (χ4v) is 3.17. The molecule has 3 rings (SSSR count). The van der Waals surface area contributed by atoms with E-state index in [2.05, 4.69) is 4.90 Å². The standard InChI is InChI=1S/C15H21FN2/c1-10-8-15(17)14(16)9-13(10)11-4-6-18(7-5-11)12-2-3-12/h8-9,11-12H,2-7,17H2,1H3. The van der Waals surface area contributed by atoms with E-state index in [1.54, 1.807) is 12.1 Å². The second-order valence-electron chi connectivity index (χ2n) is 5.77. The first kappa shape index (κ1) is 12.0. The monoisotopic (exact) mass is 248 g/mol. The SMILES string of the molecule is Cc1cc(N)c(F)cc1C1CCN(C2CC2)CC1. The number of hydrogen-bond acceptors (Lipinski definition) is 2. The number of likely N-dealkylation sites (tertiary alicyclic amines) is 1. The first-order chi connectivity index (χ1) is 8.65. The lowest BCUT2D eigenvalue weighted by atomic mass is 9.86. The van der Waals surface area contributed by atoms with Crippen LogP contribution < -0.4 is 5.73 Å². The van der Waals surface area contributed by atoms with Crippen LogP contribution in [0.2, 0.25) is 0 Å². The number of aryl methyl sites for hydroxylation is 1. The van der Waals surface area contributed by atoms with Gasteiger partial charge < -0.3 is 10.6 Å². The molecule has 0 atom stereocenters. The van der Waals surface area contributed by atoms with Gasteiger partial charge in [0.1, 0.15) is 5.82 Å². The summed E-state index contributed by atoms with van der Waals surface area (Å²) in [5, 5.41) is 0. The van der Waals surface area contributed by atoms with Crippen molar-refractivity contribution in [1.29, 1.82) is 0 Å². The Morgan fingerprint density at radius 1 is 1.17 bits per heavy atom. The highest BCUT2D eigenvalue weighted by Crippen LogP contribution is 2.36. The van der Waals surface area contributed by atoms with Crippen molar-refractivity contribution in [1.82, 2.24) is 4.90 Å². The topological polar surface area (TPSA) is 29.3 Å². The third-order valence-corrected chi connectivity index (χ3v) is 4.42. The fourth-order valence-electron chi connectivity index (χ4n) is 3.17. The summed E-state index contributed by atoms with van der Waals surface area (Å²) in [6.07, 6.45) is 5.06. The van der Waals surface area contributed by atoms with Crippen molar-refractivity contribution >= 4 is 5.69 Å². The lowest BCUT2D eigenvalue weighted by Crippen LogP contribution is -2.34. The van der Waals surface area contributed by atoms with Crippen LogP contribution in [0, 0.1) is 12.7 Å². The third-order valence-electron chi connectivity index (χ3n) is 4.42. The molecule has 0 bridgehead atoms. The lowest BCUT2D eigenvalue weighted by Gasteiger charge is -2.33. The Morgan fingerprint density at radius 3 is 2.44 bits per heavy atom. The first-order valence-corrected chi connectivity index (χ1v) is 6.94. The first-order valence-electron chi connectivity index (χ1n) is 6.94. The highest BCUT2D eigenvalue weighted by Gasteiger charge is 2.32. The summed E-state index contributed by atoms with van der Waals surface area (Å²) in [6.45, 7) is 4.37. The molecule has 1 aliphatic carbocycles. The molecule has 1 saturated carbocycles. The Balaban J connectivity index is 1.73. The van der Waals surface area contributed by atoms with E-state index in [-0.39, 0.29) is 11.5 Å². The van der Waals surface area contributed by atoms with Crippen molar-refractivity contribution < 1.29 is 4.39 Å². The van der Waals surface area contributed by atoms with Gasteiger partial charge in [-0.25, -0.2) is 4.39 Å². The Labute approximate surface area is 108 Å². The summed E-state index contributed by atoms with van der Waals surface area (Å²) in [5.74, 6) is 0.246. The third kappa shape index (κ3) is 2.24. The number of nitrogen functional groups attached to an aromatic ring is 1. The Kier molecular flexibility index (Phi) is 3.02. The highest BCUT2D eigenvalue weighted by molar-refractivity contribution is 5.47. The zero-order valence-corrected chi connectivity index (χ0v) is 11.0. The zero-order valence-electron chi connectivity index (χ0n) is 11.0. The Morgan fingerprint density at radius 2 is 1.83 bits per heavy atom. The molecule has 2 N–H and O–H groups in total. The van der Waals surface area contributed by atoms with Gasteiger partial charge in [-0.2, -0.15) is 0 Å². The second-order valence-corrected chi connectivity index (χ2v) is 5.77. The number of rotatable bonds is 2. The van der Waals surface area contributed by atoms with Crippen molar-refractivity contribution in [2.24, 2.45) is 0 Å². The van der Waals surface area contributed by atoms with Gasteiger partial charge in [-0.15, -0.1) is 0 Å². The van der Waals surface area contributed by atoms with E-state index in [4.69, 9.17) is 5.73 Å². The molecule has 1 aliphatic heterocycles. The quantitative estimate of drug-likeness (QED) is 0.815. The summed E-state index contributed by atoms with van der Waals surface area (Å²) in [5.41, 5.74) is 8.18. The molecule has 1 aromatic carbocycles. The predicted octanol–water partition coefficient (Wildman–Crippen LogP) is 3.06. The van der Waals surface area contributed by atoms with Crippen LogP contribution in [-0.4, -0.2) is 24.0 Å². The van der Waals surface area contributed by atoms with Crippen molar-refractivity contribution in [3.63, 3.8) is 0 Å². The smallest absolute Gasteiger partial charge is 0.146 e. The predicted molar refractivity (Wildman–Crippen MR) is 72.1 cm³/mol. The zero-order chi connectivity index (χ0) is 12.7. The van der Waals surface area contributed by atoms with Crippen molar-refractivity contribution in [3.05, 3.63) is 29.1 Å². The molecule has 1 saturated heterocycles. The van der Waals surface area contributed by atoms with E-state index >= 15 is 0 Å². The minimum Gasteiger partial charge on any atom is -0.396 e. The van der Waals surface area contributed by atoms with Crippen LogP contribution >= 0.6 is 0 Å². The molecule has 0 spiro atoms. The molecule has 0 radical (unpaired) electrons. The number of halogens is 1. The molecule has 1 heterocycles. The molecule has 18 heavy (non-hydrogen) atoms. The summed E-state index contributed by atoms with van der Waals surface area (Å²) in [7, 11) is 0. The summed E-state index contributed by atoms with van der Waals surface area (Å²) in [6, 6.07) is 4.29. The van der Waals surface area contributed by atoms with Gasteiger partial charge >= 0.3 is 0 Å². The van der Waals surface area contributed by atoms with Gasteiger partial charge in [0.05, 0.1) is 5.69 Å². The van der Waals surface area contributed by atoms with E-state index in [1.165, 1.54) is 25.9 Å². The fraction of sp³-hybridized carbons (Fsp3) is 0.600. The molecule has 2 fully saturated rings. The molecule has 0 aromatic heterocycles. The van der Waals surface area contributed by atoms with Crippen LogP contribution in [0.15, 0.2) is 12.1 Å². The van der Waals surface area contributed by atoms with E-state index in [1.807, 2.05) is 6.92 Å². The minimum absolute atomic E-state index is 0.264. The van der Waals surface area contributed by atoms with Gasteiger partial charge in [-0.3, -0.25) is 0 Å². The van der Waals surface area contributed by atoms with Crippen molar-refractivity contribution in [3.8, 4) is 0 Å². The number of piperidine rings is 1. The molecule has 0 amide bonds. The normalized spacial score (nSPS) is 22.3. The average Bonchev–Trinajstić information content (AvgIpc) is 3.18. The molecular weight excluding hydrogens is 227 g/mol. The van der Waals surface area contributed by atoms with E-state index in [9.17, 15) is 4.39 Å². The van der Waals surface area contributed by atoms with Gasteiger partial charge in [0.25, 0.3) is 0 Å². The van der Waals surface area contributed by atoms with E-state index < -0.39 is 0 Å². The van der Waals surface area contributed by atoms with Gasteiger partial charge in [0.15, 0.2) is 0 Å². The lowest BCUT2D eigenvalue weighted by molar-refractivity contribution is 0.203. The van der Waals surface area contributed by atoms with Gasteiger partial charge in [-0.05, 0) is 74.9 Å². The molecule has 3 heteroatoms. The van der Waals surface area contributed by atoms with Crippen LogP contribution in [-0.2, 0) is 0 Å². The second kappa shape index (κ2) is 4.54. The van der Waals surface area contributed by atoms with Crippen LogP contribution in [0.5, 0.6) is 0 Å². The number of anilines is 1. The number of nitrogens with zero attached hydrogens (tertiary/aromatic N) is 1. The largest absolute Gasteiger partial charge is 0.396 e. The Hall–Kier alpha value is -1.09. The summed E-state index contributed by atoms with van der Waals surface area (Å²) in [4.78, 5) is 2.60. The maximum absolute atomic E-state index is 13.6. The maximum Gasteiger partial charge on any atom is 0.146 e. The van der Waals surface area contributed by atoms with Gasteiger partial charge in [0, 0.05) is 6.04 Å².